The van der Waals surface area contributed by atoms with E-state index >= 15 is 0 Å². The second-order valence-electron chi connectivity index (χ2n) is 3.15. The second-order valence-corrected chi connectivity index (χ2v) is 5.92. The van der Waals surface area contributed by atoms with Crippen molar-refractivity contribution in [1.82, 2.24) is 4.98 Å². The molecular formula is C10H8BrNO2S2. The molecule has 0 atom stereocenters. The van der Waals surface area contributed by atoms with E-state index in [0.717, 1.165) is 20.1 Å². The van der Waals surface area contributed by atoms with Gasteiger partial charge in [-0.3, -0.25) is 4.79 Å². The smallest absolute Gasteiger partial charge is 0.303 e. The van der Waals surface area contributed by atoms with Crippen LogP contribution in [-0.4, -0.2) is 16.1 Å². The van der Waals surface area contributed by atoms with Gasteiger partial charge in [0.15, 0.2) is 0 Å². The molecule has 0 spiro atoms. The molecule has 0 aromatic carbocycles. The maximum absolute atomic E-state index is 10.4. The molecular weight excluding hydrogens is 310 g/mol. The van der Waals surface area contributed by atoms with Gasteiger partial charge in [-0.05, 0) is 22.0 Å². The molecule has 1 N–H and O–H groups in total. The summed E-state index contributed by atoms with van der Waals surface area (Å²) in [5, 5.41) is 13.4. The van der Waals surface area contributed by atoms with E-state index in [2.05, 4.69) is 20.9 Å². The predicted octanol–water partition coefficient (Wildman–Crippen LogP) is 3.65. The first-order valence-corrected chi connectivity index (χ1v) is 7.11. The fourth-order valence-electron chi connectivity index (χ4n) is 1.20. The molecule has 3 nitrogen and oxygen atoms in total. The predicted molar refractivity (Wildman–Crippen MR) is 69.1 cm³/mol. The summed E-state index contributed by atoms with van der Waals surface area (Å²) < 4.78 is 1.05. The molecule has 6 heteroatoms. The average molecular weight is 318 g/mol. The van der Waals surface area contributed by atoms with Crippen LogP contribution in [0.2, 0.25) is 0 Å². The van der Waals surface area contributed by atoms with Crippen LogP contribution in [-0.2, 0) is 11.2 Å². The molecule has 0 radical (unpaired) electrons. The Balaban J connectivity index is 2.10. The normalized spacial score (nSPS) is 10.6. The Hall–Kier alpha value is -0.720. The number of hydrogen-bond acceptors (Lipinski definition) is 4. The van der Waals surface area contributed by atoms with Gasteiger partial charge in [0.1, 0.15) is 0 Å². The Kier molecular flexibility index (Phi) is 3.73. The van der Waals surface area contributed by atoms with Gasteiger partial charge in [-0.1, -0.05) is 0 Å². The number of aliphatic carboxylic acids is 1. The molecule has 2 rings (SSSR count). The van der Waals surface area contributed by atoms with E-state index in [4.69, 9.17) is 5.11 Å². The fourth-order valence-corrected chi connectivity index (χ4v) is 3.46. The molecule has 2 aromatic heterocycles. The van der Waals surface area contributed by atoms with E-state index in [-0.39, 0.29) is 6.42 Å². The molecule has 0 bridgehead atoms. The van der Waals surface area contributed by atoms with Crippen LogP contribution in [0, 0.1) is 0 Å². The largest absolute Gasteiger partial charge is 0.481 e. The van der Waals surface area contributed by atoms with Crippen molar-refractivity contribution in [2.45, 2.75) is 12.8 Å². The standard InChI is InChI=1S/C10H8BrNO2S2/c11-6-3-8(15-4-6)7-5-16-9(12-7)1-2-10(13)14/h3-5H,1-2H2,(H,13,14). The molecule has 16 heavy (non-hydrogen) atoms. The maximum atomic E-state index is 10.4. The quantitative estimate of drug-likeness (QED) is 0.936. The van der Waals surface area contributed by atoms with E-state index in [1.807, 2.05) is 16.8 Å². The van der Waals surface area contributed by atoms with Crippen molar-refractivity contribution in [3.8, 4) is 10.6 Å². The summed E-state index contributed by atoms with van der Waals surface area (Å²) in [6.07, 6.45) is 0.646. The molecule has 0 aliphatic heterocycles. The molecule has 0 saturated heterocycles. The van der Waals surface area contributed by atoms with Gasteiger partial charge < -0.3 is 5.11 Å². The van der Waals surface area contributed by atoms with Crippen LogP contribution in [0.15, 0.2) is 21.3 Å². The Morgan fingerprint density at radius 2 is 2.25 bits per heavy atom. The van der Waals surface area contributed by atoms with Crippen molar-refractivity contribution in [1.29, 1.82) is 0 Å². The number of thiazole rings is 1. The number of hydrogen-bond donors (Lipinski definition) is 1. The second kappa shape index (κ2) is 5.07. The first kappa shape index (κ1) is 11.8. The summed E-state index contributed by atoms with van der Waals surface area (Å²) in [7, 11) is 0. The van der Waals surface area contributed by atoms with Crippen LogP contribution in [0.5, 0.6) is 0 Å². The summed E-state index contributed by atoms with van der Waals surface area (Å²) in [5.41, 5.74) is 0.932. The minimum absolute atomic E-state index is 0.140. The van der Waals surface area contributed by atoms with Gasteiger partial charge in [-0.15, -0.1) is 22.7 Å². The SMILES string of the molecule is O=C(O)CCc1nc(-c2cc(Br)cs2)cs1. The van der Waals surface area contributed by atoms with Gasteiger partial charge in [0, 0.05) is 21.7 Å². The maximum Gasteiger partial charge on any atom is 0.303 e. The Labute approximate surface area is 109 Å². The van der Waals surface area contributed by atoms with Crippen molar-refractivity contribution in [2.75, 3.05) is 0 Å². The lowest BCUT2D eigenvalue weighted by atomic mass is 10.3. The van der Waals surface area contributed by atoms with Gasteiger partial charge in [0.2, 0.25) is 0 Å². The van der Waals surface area contributed by atoms with Crippen molar-refractivity contribution < 1.29 is 9.90 Å². The topological polar surface area (TPSA) is 50.2 Å². The third-order valence-corrected chi connectivity index (χ3v) is 4.55. The summed E-state index contributed by atoms with van der Waals surface area (Å²) in [6, 6.07) is 2.01. The molecule has 0 aliphatic carbocycles. The number of carbonyl (C=O) groups is 1. The highest BCUT2D eigenvalue weighted by Crippen LogP contribution is 2.30. The van der Waals surface area contributed by atoms with Gasteiger partial charge in [-0.25, -0.2) is 4.98 Å². The van der Waals surface area contributed by atoms with Gasteiger partial charge in [-0.2, -0.15) is 0 Å². The third-order valence-electron chi connectivity index (χ3n) is 1.92. The van der Waals surface area contributed by atoms with E-state index in [9.17, 15) is 4.79 Å². The van der Waals surface area contributed by atoms with Gasteiger partial charge in [0.25, 0.3) is 0 Å². The number of nitrogens with zero attached hydrogens (tertiary/aromatic N) is 1. The molecule has 0 unspecified atom stereocenters. The van der Waals surface area contributed by atoms with Crippen LogP contribution >= 0.6 is 38.6 Å². The molecule has 0 amide bonds. The summed E-state index contributed by atoms with van der Waals surface area (Å²) >= 11 is 6.53. The van der Waals surface area contributed by atoms with Crippen molar-refractivity contribution in [2.24, 2.45) is 0 Å². The third kappa shape index (κ3) is 2.90. The van der Waals surface area contributed by atoms with E-state index in [1.165, 1.54) is 11.3 Å². The number of rotatable bonds is 4. The van der Waals surface area contributed by atoms with Crippen LogP contribution in [0.1, 0.15) is 11.4 Å². The number of aryl methyl sites for hydroxylation is 1. The van der Waals surface area contributed by atoms with Crippen LogP contribution in [0.25, 0.3) is 10.6 Å². The van der Waals surface area contributed by atoms with E-state index in [1.54, 1.807) is 11.3 Å². The molecule has 2 aromatic rings. The summed E-state index contributed by atoms with van der Waals surface area (Å²) in [6.45, 7) is 0. The highest BCUT2D eigenvalue weighted by molar-refractivity contribution is 9.10. The number of carboxylic acid groups (broad SMARTS) is 1. The zero-order chi connectivity index (χ0) is 11.5. The molecule has 84 valence electrons. The number of aromatic nitrogens is 1. The van der Waals surface area contributed by atoms with E-state index in [0.29, 0.717) is 6.42 Å². The number of carboxylic acids is 1. The Morgan fingerprint density at radius 1 is 1.44 bits per heavy atom. The lowest BCUT2D eigenvalue weighted by Crippen LogP contribution is -1.96. The van der Waals surface area contributed by atoms with Crippen molar-refractivity contribution >= 4 is 44.6 Å². The first-order valence-electron chi connectivity index (χ1n) is 4.56. The minimum atomic E-state index is -0.782. The average Bonchev–Trinajstić information content (AvgIpc) is 2.83. The monoisotopic (exact) mass is 317 g/mol. The van der Waals surface area contributed by atoms with Crippen LogP contribution in [0.3, 0.4) is 0 Å². The zero-order valence-electron chi connectivity index (χ0n) is 8.14. The van der Waals surface area contributed by atoms with Crippen molar-refractivity contribution in [3.63, 3.8) is 0 Å². The lowest BCUT2D eigenvalue weighted by Gasteiger charge is -1.90. The lowest BCUT2D eigenvalue weighted by molar-refractivity contribution is -0.136. The molecule has 0 aliphatic rings. The molecule has 2 heterocycles. The van der Waals surface area contributed by atoms with E-state index < -0.39 is 5.97 Å². The fraction of sp³-hybridized carbons (Fsp3) is 0.200. The Bertz CT molecular complexity index is 506. The first-order chi connectivity index (χ1) is 7.65. The van der Waals surface area contributed by atoms with Gasteiger partial charge >= 0.3 is 5.97 Å². The highest BCUT2D eigenvalue weighted by Gasteiger charge is 2.08. The molecule has 0 saturated carbocycles. The number of halogens is 1. The van der Waals surface area contributed by atoms with Crippen molar-refractivity contribution in [3.05, 3.63) is 26.3 Å². The van der Waals surface area contributed by atoms with Crippen LogP contribution < -0.4 is 0 Å². The molecule has 0 fully saturated rings. The summed E-state index contributed by atoms with van der Waals surface area (Å²) in [4.78, 5) is 15.9. The highest BCUT2D eigenvalue weighted by atomic mass is 79.9. The van der Waals surface area contributed by atoms with Crippen LogP contribution in [0.4, 0.5) is 0 Å². The minimum Gasteiger partial charge on any atom is -0.481 e. The van der Waals surface area contributed by atoms with Gasteiger partial charge in [0.05, 0.1) is 22.0 Å². The zero-order valence-corrected chi connectivity index (χ0v) is 11.4. The number of thiophene rings is 1. The summed E-state index contributed by atoms with van der Waals surface area (Å²) in [5.74, 6) is -0.782. The Morgan fingerprint density at radius 3 is 2.88 bits per heavy atom.